The Kier molecular flexibility index (Phi) is 4.25. The van der Waals surface area contributed by atoms with Crippen LogP contribution in [0.2, 0.25) is 5.02 Å². The number of rotatable bonds is 3. The van der Waals surface area contributed by atoms with Crippen molar-refractivity contribution in [3.05, 3.63) is 71.8 Å². The fourth-order valence-corrected chi connectivity index (χ4v) is 2.14. The molecule has 0 unspecified atom stereocenters. The Balaban J connectivity index is 1.65. The quantitative estimate of drug-likeness (QED) is 0.751. The molecule has 0 fully saturated rings. The molecule has 2 amide bonds. The van der Waals surface area contributed by atoms with Gasteiger partial charge < -0.3 is 10.6 Å². The molecule has 0 atom stereocenters. The zero-order chi connectivity index (χ0) is 16.2. The zero-order valence-electron chi connectivity index (χ0n) is 11.8. The van der Waals surface area contributed by atoms with Gasteiger partial charge in [0, 0.05) is 17.6 Å². The van der Waals surface area contributed by atoms with Gasteiger partial charge in [-0.3, -0.25) is 0 Å². The Bertz CT molecular complexity index is 832. The van der Waals surface area contributed by atoms with Gasteiger partial charge in [0.2, 0.25) is 0 Å². The summed E-state index contributed by atoms with van der Waals surface area (Å²) >= 11 is 5.82. The first-order valence-electron chi connectivity index (χ1n) is 6.74. The molecule has 0 spiro atoms. The Morgan fingerprint density at radius 3 is 2.48 bits per heavy atom. The lowest BCUT2D eigenvalue weighted by molar-refractivity contribution is 0.262. The molecular formula is C16H12ClFN4O. The number of halogens is 2. The number of urea groups is 1. The van der Waals surface area contributed by atoms with Crippen molar-refractivity contribution >= 4 is 29.0 Å². The minimum absolute atomic E-state index is 0.380. The van der Waals surface area contributed by atoms with Crippen LogP contribution in [0.4, 0.5) is 20.6 Å². The highest BCUT2D eigenvalue weighted by Gasteiger charge is 2.04. The Labute approximate surface area is 136 Å². The number of hydrogen-bond acceptors (Lipinski definition) is 2. The third kappa shape index (κ3) is 3.87. The fraction of sp³-hybridized carbons (Fsp3) is 0. The van der Waals surface area contributed by atoms with Crippen LogP contribution in [0.15, 0.2) is 60.9 Å². The summed E-state index contributed by atoms with van der Waals surface area (Å²) < 4.78 is 14.7. The van der Waals surface area contributed by atoms with E-state index in [0.717, 1.165) is 5.69 Å². The highest BCUT2D eigenvalue weighted by Crippen LogP contribution is 2.16. The van der Waals surface area contributed by atoms with Crippen molar-refractivity contribution < 1.29 is 9.18 Å². The predicted molar refractivity (Wildman–Crippen MR) is 87.6 cm³/mol. The number of nitrogens with zero attached hydrogens (tertiary/aromatic N) is 2. The molecule has 5 nitrogen and oxygen atoms in total. The van der Waals surface area contributed by atoms with Crippen LogP contribution in [0, 0.1) is 5.82 Å². The molecule has 0 radical (unpaired) electrons. The smallest absolute Gasteiger partial charge is 0.308 e. The van der Waals surface area contributed by atoms with E-state index < -0.39 is 11.8 Å². The first-order valence-corrected chi connectivity index (χ1v) is 7.12. The standard InChI is InChI=1S/C16H12ClFN4O/c17-11-9-19-22(10-11)15-6-4-13(5-7-15)20-16(23)21-14-3-1-2-12(18)8-14/h1-10H,(H2,20,21,23). The van der Waals surface area contributed by atoms with Crippen molar-refractivity contribution in [3.8, 4) is 5.69 Å². The topological polar surface area (TPSA) is 59.0 Å². The van der Waals surface area contributed by atoms with Crippen LogP contribution in [0.3, 0.4) is 0 Å². The van der Waals surface area contributed by atoms with Crippen LogP contribution in [0.1, 0.15) is 0 Å². The monoisotopic (exact) mass is 330 g/mol. The molecule has 0 bridgehead atoms. The molecule has 1 aromatic heterocycles. The molecule has 0 aliphatic carbocycles. The second-order valence-corrected chi connectivity index (χ2v) is 5.18. The molecule has 0 saturated carbocycles. The lowest BCUT2D eigenvalue weighted by atomic mass is 10.3. The SMILES string of the molecule is O=C(Nc1ccc(-n2cc(Cl)cn2)cc1)Nc1cccc(F)c1. The lowest BCUT2D eigenvalue weighted by Crippen LogP contribution is -2.19. The van der Waals surface area contributed by atoms with Crippen molar-refractivity contribution in [1.82, 2.24) is 9.78 Å². The van der Waals surface area contributed by atoms with Gasteiger partial charge >= 0.3 is 6.03 Å². The van der Waals surface area contributed by atoms with Crippen LogP contribution >= 0.6 is 11.6 Å². The average Bonchev–Trinajstić information content (AvgIpc) is 2.94. The molecule has 0 saturated heterocycles. The molecule has 23 heavy (non-hydrogen) atoms. The van der Waals surface area contributed by atoms with E-state index in [1.807, 2.05) is 0 Å². The number of hydrogen-bond donors (Lipinski definition) is 2. The van der Waals surface area contributed by atoms with Crippen LogP contribution in [-0.4, -0.2) is 15.8 Å². The van der Waals surface area contributed by atoms with Crippen molar-refractivity contribution in [2.75, 3.05) is 10.6 Å². The van der Waals surface area contributed by atoms with E-state index in [4.69, 9.17) is 11.6 Å². The second-order valence-electron chi connectivity index (χ2n) is 4.74. The van der Waals surface area contributed by atoms with Crippen molar-refractivity contribution in [3.63, 3.8) is 0 Å². The summed E-state index contributed by atoms with van der Waals surface area (Å²) in [6, 6.07) is 12.3. The molecule has 2 aromatic carbocycles. The molecule has 1 heterocycles. The van der Waals surface area contributed by atoms with Crippen molar-refractivity contribution in [1.29, 1.82) is 0 Å². The first-order chi connectivity index (χ1) is 11.1. The van der Waals surface area contributed by atoms with E-state index in [1.54, 1.807) is 47.4 Å². The summed E-state index contributed by atoms with van der Waals surface area (Å²) in [6.45, 7) is 0. The third-order valence-electron chi connectivity index (χ3n) is 3.02. The number of aromatic nitrogens is 2. The molecule has 7 heteroatoms. The minimum Gasteiger partial charge on any atom is -0.308 e. The summed E-state index contributed by atoms with van der Waals surface area (Å²) in [5.74, 6) is -0.412. The van der Waals surface area contributed by atoms with Crippen LogP contribution < -0.4 is 10.6 Å². The third-order valence-corrected chi connectivity index (χ3v) is 3.22. The Hall–Kier alpha value is -2.86. The van der Waals surface area contributed by atoms with Gasteiger partial charge in [0.25, 0.3) is 0 Å². The van der Waals surface area contributed by atoms with E-state index >= 15 is 0 Å². The van der Waals surface area contributed by atoms with Crippen molar-refractivity contribution in [2.45, 2.75) is 0 Å². The summed E-state index contributed by atoms with van der Waals surface area (Å²) in [4.78, 5) is 11.9. The van der Waals surface area contributed by atoms with Gasteiger partial charge in [-0.15, -0.1) is 0 Å². The molecule has 3 rings (SSSR count). The number of anilines is 2. The molecular weight excluding hydrogens is 319 g/mol. The molecule has 116 valence electrons. The van der Waals surface area contributed by atoms with Gasteiger partial charge in [-0.25, -0.2) is 13.9 Å². The summed E-state index contributed by atoms with van der Waals surface area (Å²) in [5.41, 5.74) is 1.79. The van der Waals surface area contributed by atoms with Gasteiger partial charge in [-0.05, 0) is 42.5 Å². The van der Waals surface area contributed by atoms with Crippen LogP contribution in [0.25, 0.3) is 5.69 Å². The number of nitrogens with one attached hydrogen (secondary N) is 2. The van der Waals surface area contributed by atoms with Gasteiger partial charge in [-0.2, -0.15) is 5.10 Å². The molecule has 3 aromatic rings. The van der Waals surface area contributed by atoms with Gasteiger partial charge in [-0.1, -0.05) is 17.7 Å². The molecule has 0 aliphatic heterocycles. The zero-order valence-corrected chi connectivity index (χ0v) is 12.6. The van der Waals surface area contributed by atoms with E-state index in [1.165, 1.54) is 18.2 Å². The van der Waals surface area contributed by atoms with E-state index in [2.05, 4.69) is 15.7 Å². The number of amides is 2. The van der Waals surface area contributed by atoms with Crippen LogP contribution in [0.5, 0.6) is 0 Å². The average molecular weight is 331 g/mol. The summed E-state index contributed by atoms with van der Waals surface area (Å²) in [5, 5.41) is 9.85. The predicted octanol–water partition coefficient (Wildman–Crippen LogP) is 4.31. The number of carbonyl (C=O) groups is 1. The Morgan fingerprint density at radius 2 is 1.83 bits per heavy atom. The molecule has 2 N–H and O–H groups in total. The van der Waals surface area contributed by atoms with Gasteiger partial charge in [0.1, 0.15) is 5.82 Å². The largest absolute Gasteiger partial charge is 0.323 e. The van der Waals surface area contributed by atoms with Gasteiger partial charge in [0.05, 0.1) is 16.9 Å². The maximum atomic E-state index is 13.1. The highest BCUT2D eigenvalue weighted by atomic mass is 35.5. The van der Waals surface area contributed by atoms with E-state index in [0.29, 0.717) is 16.4 Å². The normalized spacial score (nSPS) is 10.3. The van der Waals surface area contributed by atoms with Crippen molar-refractivity contribution in [2.24, 2.45) is 0 Å². The lowest BCUT2D eigenvalue weighted by Gasteiger charge is -2.08. The maximum absolute atomic E-state index is 13.1. The molecule has 0 aliphatic rings. The highest BCUT2D eigenvalue weighted by molar-refractivity contribution is 6.30. The van der Waals surface area contributed by atoms with Crippen LogP contribution in [-0.2, 0) is 0 Å². The van der Waals surface area contributed by atoms with Gasteiger partial charge in [0.15, 0.2) is 0 Å². The van der Waals surface area contributed by atoms with E-state index in [-0.39, 0.29) is 0 Å². The summed E-state index contributed by atoms with van der Waals surface area (Å²) in [7, 11) is 0. The fourth-order valence-electron chi connectivity index (χ4n) is 2.00. The second kappa shape index (κ2) is 6.50. The summed E-state index contributed by atoms with van der Waals surface area (Å²) in [6.07, 6.45) is 3.22. The number of carbonyl (C=O) groups excluding carboxylic acids is 1. The number of benzene rings is 2. The minimum atomic E-state index is -0.453. The maximum Gasteiger partial charge on any atom is 0.323 e. The van der Waals surface area contributed by atoms with E-state index in [9.17, 15) is 9.18 Å². The first kappa shape index (κ1) is 15.1. The Morgan fingerprint density at radius 1 is 1.09 bits per heavy atom.